The van der Waals surface area contributed by atoms with Crippen molar-refractivity contribution in [3.63, 3.8) is 0 Å². The van der Waals surface area contributed by atoms with E-state index in [2.05, 4.69) is 20.7 Å². The molecule has 0 atom stereocenters. The molecule has 0 bridgehead atoms. The first-order valence-corrected chi connectivity index (χ1v) is 5.77. The summed E-state index contributed by atoms with van der Waals surface area (Å²) >= 11 is 0. The van der Waals surface area contributed by atoms with Crippen LogP contribution in [0.1, 0.15) is 15.9 Å². The molecule has 0 aliphatic carbocycles. The molecule has 104 valence electrons. The van der Waals surface area contributed by atoms with Crippen LogP contribution in [0, 0.1) is 0 Å². The van der Waals surface area contributed by atoms with Gasteiger partial charge in [0.1, 0.15) is 6.33 Å². The molecule has 0 fully saturated rings. The highest BCUT2D eigenvalue weighted by Gasteiger charge is 2.06. The first-order chi connectivity index (χ1) is 9.56. The van der Waals surface area contributed by atoms with E-state index in [9.17, 15) is 9.59 Å². The summed E-state index contributed by atoms with van der Waals surface area (Å²) in [5.41, 5.74) is 1.00. The standard InChI is InChI=1S/C12H13N5O3/c1-17-11(14-7-15-17)16-12(20)13-6-8-2-4-9(5-3-8)10(18)19/h2-5,7H,6H2,1H3,(H,18,19)(H2,13,14,15,16,20). The predicted octanol–water partition coefficient (Wildman–Crippen LogP) is 0.835. The second-order valence-electron chi connectivity index (χ2n) is 4.02. The van der Waals surface area contributed by atoms with Gasteiger partial charge in [0, 0.05) is 13.6 Å². The number of hydrogen-bond donors (Lipinski definition) is 3. The lowest BCUT2D eigenvalue weighted by Crippen LogP contribution is -2.29. The monoisotopic (exact) mass is 275 g/mol. The molecule has 3 N–H and O–H groups in total. The van der Waals surface area contributed by atoms with Crippen LogP contribution in [0.4, 0.5) is 10.7 Å². The second kappa shape index (κ2) is 5.83. The lowest BCUT2D eigenvalue weighted by molar-refractivity contribution is 0.0697. The summed E-state index contributed by atoms with van der Waals surface area (Å²) in [5, 5.41) is 17.8. The molecule has 0 radical (unpaired) electrons. The van der Waals surface area contributed by atoms with Gasteiger partial charge < -0.3 is 10.4 Å². The number of aryl methyl sites for hydroxylation is 1. The molecule has 0 aliphatic heterocycles. The Morgan fingerprint density at radius 1 is 1.30 bits per heavy atom. The van der Waals surface area contributed by atoms with Gasteiger partial charge in [0.15, 0.2) is 0 Å². The highest BCUT2D eigenvalue weighted by atomic mass is 16.4. The molecule has 0 aliphatic rings. The number of nitrogens with one attached hydrogen (secondary N) is 2. The molecule has 2 amide bonds. The molecule has 2 aromatic rings. The summed E-state index contributed by atoms with van der Waals surface area (Å²) in [6.07, 6.45) is 1.33. The van der Waals surface area contributed by atoms with E-state index in [4.69, 9.17) is 5.11 Å². The molecule has 0 unspecified atom stereocenters. The molecule has 8 nitrogen and oxygen atoms in total. The minimum Gasteiger partial charge on any atom is -0.478 e. The Morgan fingerprint density at radius 3 is 2.55 bits per heavy atom. The van der Waals surface area contributed by atoms with Gasteiger partial charge in [-0.3, -0.25) is 5.32 Å². The number of anilines is 1. The van der Waals surface area contributed by atoms with Crippen molar-refractivity contribution in [2.45, 2.75) is 6.54 Å². The van der Waals surface area contributed by atoms with Crippen LogP contribution in [0.2, 0.25) is 0 Å². The maximum absolute atomic E-state index is 11.6. The number of carbonyl (C=O) groups excluding carboxylic acids is 1. The second-order valence-corrected chi connectivity index (χ2v) is 4.02. The number of benzene rings is 1. The van der Waals surface area contributed by atoms with E-state index in [0.29, 0.717) is 5.95 Å². The minimum atomic E-state index is -0.982. The van der Waals surface area contributed by atoms with Crippen molar-refractivity contribution in [2.24, 2.45) is 7.05 Å². The Labute approximate surface area is 114 Å². The van der Waals surface area contributed by atoms with Crippen LogP contribution in [0.5, 0.6) is 0 Å². The predicted molar refractivity (Wildman–Crippen MR) is 70.3 cm³/mol. The first-order valence-electron chi connectivity index (χ1n) is 5.77. The topological polar surface area (TPSA) is 109 Å². The molecule has 8 heteroatoms. The molecule has 1 aromatic heterocycles. The van der Waals surface area contributed by atoms with Gasteiger partial charge in [-0.25, -0.2) is 14.3 Å². The van der Waals surface area contributed by atoms with E-state index < -0.39 is 12.0 Å². The molecular weight excluding hydrogens is 262 g/mol. The smallest absolute Gasteiger partial charge is 0.335 e. The Morgan fingerprint density at radius 2 is 2.00 bits per heavy atom. The first kappa shape index (κ1) is 13.5. The number of hydrogen-bond acceptors (Lipinski definition) is 4. The zero-order chi connectivity index (χ0) is 14.5. The van der Waals surface area contributed by atoms with Gasteiger partial charge >= 0.3 is 12.0 Å². The highest BCUT2D eigenvalue weighted by molar-refractivity contribution is 5.88. The number of rotatable bonds is 4. The summed E-state index contributed by atoms with van der Waals surface area (Å²) in [4.78, 5) is 26.2. The molecule has 0 saturated heterocycles. The zero-order valence-electron chi connectivity index (χ0n) is 10.7. The van der Waals surface area contributed by atoms with Gasteiger partial charge in [-0.2, -0.15) is 10.1 Å². The minimum absolute atomic E-state index is 0.206. The number of carboxylic acids is 1. The van der Waals surface area contributed by atoms with Gasteiger partial charge in [-0.1, -0.05) is 12.1 Å². The number of carboxylic acid groups (broad SMARTS) is 1. The van der Waals surface area contributed by atoms with Crippen molar-refractivity contribution in [2.75, 3.05) is 5.32 Å². The third-order valence-corrected chi connectivity index (χ3v) is 2.59. The number of carbonyl (C=O) groups is 2. The summed E-state index contributed by atoms with van der Waals surface area (Å²) in [6.45, 7) is 0.281. The van der Waals surface area contributed by atoms with Crippen LogP contribution < -0.4 is 10.6 Å². The Hall–Kier alpha value is -2.90. The largest absolute Gasteiger partial charge is 0.478 e. The van der Waals surface area contributed by atoms with E-state index in [-0.39, 0.29) is 12.1 Å². The SMILES string of the molecule is Cn1ncnc1NC(=O)NCc1ccc(C(=O)O)cc1. The van der Waals surface area contributed by atoms with Gasteiger partial charge in [0.2, 0.25) is 5.95 Å². The fourth-order valence-corrected chi connectivity index (χ4v) is 1.50. The molecule has 1 aromatic carbocycles. The van der Waals surface area contributed by atoms with Crippen LogP contribution >= 0.6 is 0 Å². The van der Waals surface area contributed by atoms with E-state index in [0.717, 1.165) is 5.56 Å². The van der Waals surface area contributed by atoms with Gasteiger partial charge in [-0.15, -0.1) is 0 Å². The van der Waals surface area contributed by atoms with Crippen LogP contribution in [-0.4, -0.2) is 31.9 Å². The lowest BCUT2D eigenvalue weighted by atomic mass is 10.1. The van der Waals surface area contributed by atoms with E-state index in [1.54, 1.807) is 19.2 Å². The van der Waals surface area contributed by atoms with E-state index in [1.165, 1.54) is 23.1 Å². The molecule has 1 heterocycles. The highest BCUT2D eigenvalue weighted by Crippen LogP contribution is 2.04. The van der Waals surface area contributed by atoms with Crippen molar-refractivity contribution < 1.29 is 14.7 Å². The Kier molecular flexibility index (Phi) is 3.94. The van der Waals surface area contributed by atoms with Crippen molar-refractivity contribution in [3.05, 3.63) is 41.7 Å². The number of aromatic nitrogens is 3. The van der Waals surface area contributed by atoms with Crippen molar-refractivity contribution in [1.29, 1.82) is 0 Å². The van der Waals surface area contributed by atoms with E-state index >= 15 is 0 Å². The van der Waals surface area contributed by atoms with Gasteiger partial charge in [-0.05, 0) is 17.7 Å². The Bertz CT molecular complexity index is 620. The van der Waals surface area contributed by atoms with Crippen LogP contribution in [0.15, 0.2) is 30.6 Å². The van der Waals surface area contributed by atoms with Crippen LogP contribution in [0.25, 0.3) is 0 Å². The van der Waals surface area contributed by atoms with Crippen LogP contribution in [0.3, 0.4) is 0 Å². The third-order valence-electron chi connectivity index (χ3n) is 2.59. The molecule has 2 rings (SSSR count). The van der Waals surface area contributed by atoms with Crippen molar-refractivity contribution in [1.82, 2.24) is 20.1 Å². The molecule has 0 spiro atoms. The van der Waals surface area contributed by atoms with Gasteiger partial charge in [0.25, 0.3) is 0 Å². The summed E-state index contributed by atoms with van der Waals surface area (Å²) in [5.74, 6) is -0.645. The fraction of sp³-hybridized carbons (Fsp3) is 0.167. The normalized spacial score (nSPS) is 10.1. The lowest BCUT2D eigenvalue weighted by Gasteiger charge is -2.07. The maximum Gasteiger partial charge on any atom is 0.335 e. The number of nitrogens with zero attached hydrogens (tertiary/aromatic N) is 3. The quantitative estimate of drug-likeness (QED) is 0.765. The number of amides is 2. The van der Waals surface area contributed by atoms with Crippen molar-refractivity contribution in [3.8, 4) is 0 Å². The summed E-state index contributed by atoms with van der Waals surface area (Å²) < 4.78 is 1.43. The summed E-state index contributed by atoms with van der Waals surface area (Å²) in [7, 11) is 1.66. The Balaban J connectivity index is 1.87. The van der Waals surface area contributed by atoms with Gasteiger partial charge in [0.05, 0.1) is 5.56 Å². The zero-order valence-corrected chi connectivity index (χ0v) is 10.7. The van der Waals surface area contributed by atoms with Crippen molar-refractivity contribution >= 4 is 17.9 Å². The fourth-order valence-electron chi connectivity index (χ4n) is 1.50. The van der Waals surface area contributed by atoms with Crippen LogP contribution in [-0.2, 0) is 13.6 Å². The molecule has 0 saturated carbocycles. The number of aromatic carboxylic acids is 1. The summed E-state index contributed by atoms with van der Waals surface area (Å²) in [6, 6.07) is 5.85. The third kappa shape index (κ3) is 3.31. The molecule has 20 heavy (non-hydrogen) atoms. The average Bonchev–Trinajstić information content (AvgIpc) is 2.82. The number of urea groups is 1. The maximum atomic E-state index is 11.6. The van der Waals surface area contributed by atoms with E-state index in [1.807, 2.05) is 0 Å². The average molecular weight is 275 g/mol. The molecular formula is C12H13N5O3.